The van der Waals surface area contributed by atoms with E-state index in [1.807, 2.05) is 4.57 Å². The van der Waals surface area contributed by atoms with Gasteiger partial charge in [-0.1, -0.05) is 90.9 Å². The SMILES string of the molecule is CC(C)CCCCCCCCCCCCCCOCCCOP1(=O)CO[C@@H](Cn2cnc3c(N)ncnc32)CO1. The van der Waals surface area contributed by atoms with Crippen LogP contribution in [-0.4, -0.2) is 58.4 Å². The molecule has 0 radical (unpaired) electrons. The van der Waals surface area contributed by atoms with Crippen LogP contribution in [0.3, 0.4) is 0 Å². The molecule has 3 heterocycles. The first kappa shape index (κ1) is 32.9. The number of rotatable bonds is 22. The van der Waals surface area contributed by atoms with Gasteiger partial charge in [0.1, 0.15) is 24.3 Å². The van der Waals surface area contributed by atoms with Gasteiger partial charge in [-0.25, -0.2) is 15.0 Å². The molecule has 0 bridgehead atoms. The lowest BCUT2D eigenvalue weighted by Gasteiger charge is -2.29. The number of hydrogen-bond donors (Lipinski definition) is 1. The van der Waals surface area contributed by atoms with Crippen molar-refractivity contribution < 1.29 is 23.1 Å². The maximum Gasteiger partial charge on any atom is 0.356 e. The van der Waals surface area contributed by atoms with Crippen LogP contribution in [0, 0.1) is 5.92 Å². The van der Waals surface area contributed by atoms with Gasteiger partial charge in [-0.3, -0.25) is 4.57 Å². The Morgan fingerprint density at radius 1 is 0.925 bits per heavy atom. The number of nitrogens with two attached hydrogens (primary N) is 1. The van der Waals surface area contributed by atoms with Crippen LogP contribution in [0.4, 0.5) is 5.82 Å². The molecule has 11 heteroatoms. The molecule has 2 N–H and O–H groups in total. The molecular formula is C29H52N5O5P. The van der Waals surface area contributed by atoms with Gasteiger partial charge in [0, 0.05) is 13.2 Å². The Balaban J connectivity index is 1.09. The molecular weight excluding hydrogens is 529 g/mol. The Bertz CT molecular complexity index is 992. The van der Waals surface area contributed by atoms with Gasteiger partial charge in [-0.05, 0) is 18.8 Å². The minimum absolute atomic E-state index is 0.0687. The van der Waals surface area contributed by atoms with Gasteiger partial charge in [-0.15, -0.1) is 0 Å². The highest BCUT2D eigenvalue weighted by atomic mass is 31.2. The minimum atomic E-state index is -3.24. The van der Waals surface area contributed by atoms with Gasteiger partial charge in [0.15, 0.2) is 11.5 Å². The summed E-state index contributed by atoms with van der Waals surface area (Å²) in [6, 6.07) is 0. The van der Waals surface area contributed by atoms with Crippen molar-refractivity contribution >= 4 is 24.6 Å². The molecule has 1 aliphatic rings. The summed E-state index contributed by atoms with van der Waals surface area (Å²) in [5, 5.41) is 0. The zero-order chi connectivity index (χ0) is 28.5. The van der Waals surface area contributed by atoms with Gasteiger partial charge >= 0.3 is 7.60 Å². The van der Waals surface area contributed by atoms with Gasteiger partial charge in [0.2, 0.25) is 0 Å². The van der Waals surface area contributed by atoms with Crippen molar-refractivity contribution in [3.8, 4) is 0 Å². The normalized spacial score (nSPS) is 19.6. The average molecular weight is 582 g/mol. The molecule has 228 valence electrons. The Labute approximate surface area is 240 Å². The fourth-order valence-electron chi connectivity index (χ4n) is 4.90. The lowest BCUT2D eigenvalue weighted by atomic mass is 10.0. The number of nitrogen functional groups attached to an aromatic ring is 1. The highest BCUT2D eigenvalue weighted by molar-refractivity contribution is 7.53. The van der Waals surface area contributed by atoms with Crippen molar-refractivity contribution in [2.24, 2.45) is 5.92 Å². The summed E-state index contributed by atoms with van der Waals surface area (Å²) < 4.78 is 37.2. The predicted octanol–water partition coefficient (Wildman–Crippen LogP) is 7.13. The molecule has 10 nitrogen and oxygen atoms in total. The van der Waals surface area contributed by atoms with Crippen molar-refractivity contribution in [3.63, 3.8) is 0 Å². The van der Waals surface area contributed by atoms with E-state index in [1.54, 1.807) is 6.33 Å². The molecule has 1 fully saturated rings. The molecule has 3 rings (SSSR count). The molecule has 2 aromatic rings. The predicted molar refractivity (Wildman–Crippen MR) is 159 cm³/mol. The van der Waals surface area contributed by atoms with Crippen molar-refractivity contribution in [1.29, 1.82) is 0 Å². The van der Waals surface area contributed by atoms with Gasteiger partial charge in [0.05, 0.1) is 26.1 Å². The first-order valence-corrected chi connectivity index (χ1v) is 17.2. The van der Waals surface area contributed by atoms with Crippen LogP contribution in [-0.2, 0) is 29.6 Å². The Morgan fingerprint density at radius 2 is 1.57 bits per heavy atom. The summed E-state index contributed by atoms with van der Waals surface area (Å²) in [6.07, 6.45) is 20.9. The third kappa shape index (κ3) is 12.5. The van der Waals surface area contributed by atoms with Crippen molar-refractivity contribution in [2.75, 3.05) is 38.5 Å². The van der Waals surface area contributed by atoms with E-state index in [4.69, 9.17) is 24.3 Å². The summed E-state index contributed by atoms with van der Waals surface area (Å²) in [7, 11) is -3.24. The van der Waals surface area contributed by atoms with Crippen LogP contribution >= 0.6 is 7.60 Å². The highest BCUT2D eigenvalue weighted by Crippen LogP contribution is 2.51. The molecule has 2 aromatic heterocycles. The molecule has 0 spiro atoms. The van der Waals surface area contributed by atoms with Crippen LogP contribution < -0.4 is 5.73 Å². The number of anilines is 1. The maximum atomic E-state index is 12.8. The largest absolute Gasteiger partial charge is 0.382 e. The number of unbranched alkanes of at least 4 members (excludes halogenated alkanes) is 11. The summed E-state index contributed by atoms with van der Waals surface area (Å²) in [6.45, 7) is 6.96. The number of fused-ring (bicyclic) bond motifs is 1. The molecule has 1 aliphatic heterocycles. The quantitative estimate of drug-likeness (QED) is 0.114. The number of ether oxygens (including phenoxy) is 2. The van der Waals surface area contributed by atoms with Crippen molar-refractivity contribution in [2.45, 2.75) is 116 Å². The molecule has 40 heavy (non-hydrogen) atoms. The molecule has 0 saturated carbocycles. The van der Waals surface area contributed by atoms with E-state index >= 15 is 0 Å². The lowest BCUT2D eigenvalue weighted by Crippen LogP contribution is -2.30. The smallest absolute Gasteiger partial charge is 0.356 e. The minimum Gasteiger partial charge on any atom is -0.382 e. The molecule has 1 unspecified atom stereocenters. The van der Waals surface area contributed by atoms with Gasteiger partial charge in [0.25, 0.3) is 0 Å². The number of imidazole rings is 1. The average Bonchev–Trinajstić information content (AvgIpc) is 3.35. The number of aromatic nitrogens is 4. The zero-order valence-electron chi connectivity index (χ0n) is 24.8. The first-order valence-electron chi connectivity index (χ1n) is 15.5. The van der Waals surface area contributed by atoms with E-state index in [0.29, 0.717) is 43.2 Å². The molecule has 2 atom stereocenters. The summed E-state index contributed by atoms with van der Waals surface area (Å²) in [5.74, 6) is 1.19. The second-order valence-corrected chi connectivity index (χ2v) is 13.4. The second-order valence-electron chi connectivity index (χ2n) is 11.4. The van der Waals surface area contributed by atoms with E-state index < -0.39 is 7.60 Å². The standard InChI is InChI=1S/C29H52N5O5P/c1-25(2)16-13-11-9-7-5-3-4-6-8-10-12-14-17-36-18-15-19-38-40(35)24-37-26(21-39-40)20-34-23-33-27-28(30)31-22-32-29(27)34/h22-23,25-26H,3-21,24H2,1-2H3,(H2,30,31,32)/t26-,40?/m0/s1. The monoisotopic (exact) mass is 581 g/mol. The lowest BCUT2D eigenvalue weighted by molar-refractivity contribution is -0.0143. The molecule has 0 aliphatic carbocycles. The van der Waals surface area contributed by atoms with Gasteiger partial charge < -0.3 is 28.8 Å². The van der Waals surface area contributed by atoms with Crippen LogP contribution in [0.1, 0.15) is 104 Å². The zero-order valence-corrected chi connectivity index (χ0v) is 25.7. The Morgan fingerprint density at radius 3 is 2.23 bits per heavy atom. The first-order chi connectivity index (χ1) is 19.5. The van der Waals surface area contributed by atoms with E-state index in [-0.39, 0.29) is 19.1 Å². The van der Waals surface area contributed by atoms with Crippen molar-refractivity contribution in [1.82, 2.24) is 19.5 Å². The topological polar surface area (TPSA) is 124 Å². The van der Waals surface area contributed by atoms with E-state index in [0.717, 1.165) is 18.9 Å². The second kappa shape index (κ2) is 18.8. The Hall–Kier alpha value is -1.58. The fraction of sp³-hybridized carbons (Fsp3) is 0.828. The van der Waals surface area contributed by atoms with Crippen LogP contribution in [0.25, 0.3) is 11.2 Å². The summed E-state index contributed by atoms with van der Waals surface area (Å²) in [4.78, 5) is 12.4. The fourth-order valence-corrected chi connectivity index (χ4v) is 6.32. The number of hydrogen-bond acceptors (Lipinski definition) is 9. The molecule has 1 saturated heterocycles. The van der Waals surface area contributed by atoms with Crippen LogP contribution in [0.2, 0.25) is 0 Å². The van der Waals surface area contributed by atoms with E-state index in [2.05, 4.69) is 28.8 Å². The summed E-state index contributed by atoms with van der Waals surface area (Å²) in [5.41, 5.74) is 7.02. The highest BCUT2D eigenvalue weighted by Gasteiger charge is 2.33. The Kier molecular flexibility index (Phi) is 15.5. The molecule has 0 amide bonds. The van der Waals surface area contributed by atoms with E-state index in [9.17, 15) is 4.57 Å². The summed E-state index contributed by atoms with van der Waals surface area (Å²) >= 11 is 0. The molecule has 0 aromatic carbocycles. The van der Waals surface area contributed by atoms with Gasteiger partial charge in [-0.2, -0.15) is 0 Å². The van der Waals surface area contributed by atoms with E-state index in [1.165, 1.54) is 83.4 Å². The number of nitrogens with zero attached hydrogens (tertiary/aromatic N) is 4. The van der Waals surface area contributed by atoms with Crippen LogP contribution in [0.5, 0.6) is 0 Å². The maximum absolute atomic E-state index is 12.8. The third-order valence-corrected chi connectivity index (χ3v) is 8.88. The third-order valence-electron chi connectivity index (χ3n) is 7.30. The van der Waals surface area contributed by atoms with Crippen molar-refractivity contribution in [3.05, 3.63) is 12.7 Å². The van der Waals surface area contributed by atoms with Crippen LogP contribution in [0.15, 0.2) is 12.7 Å².